The van der Waals surface area contributed by atoms with Gasteiger partial charge in [-0.3, -0.25) is 9.89 Å². The molecule has 0 saturated heterocycles. The van der Waals surface area contributed by atoms with Crippen LogP contribution in [0.4, 0.5) is 0 Å². The van der Waals surface area contributed by atoms with Gasteiger partial charge >= 0.3 is 0 Å². The van der Waals surface area contributed by atoms with Gasteiger partial charge < -0.3 is 10.2 Å². The van der Waals surface area contributed by atoms with E-state index < -0.39 is 5.54 Å². The molecule has 112 valence electrons. The minimum Gasteiger partial charge on any atom is -0.472 e. The summed E-state index contributed by atoms with van der Waals surface area (Å²) in [6.07, 6.45) is 4.37. The van der Waals surface area contributed by atoms with Gasteiger partial charge in [0.25, 0.3) is 0 Å². The van der Waals surface area contributed by atoms with Crippen LogP contribution in [0.25, 0.3) is 0 Å². The van der Waals surface area contributed by atoms with E-state index in [4.69, 9.17) is 20.1 Å². The second-order valence-electron chi connectivity index (χ2n) is 5.41. The van der Waals surface area contributed by atoms with E-state index in [-0.39, 0.29) is 0 Å². The average Bonchev–Trinajstić information content (AvgIpc) is 3.15. The van der Waals surface area contributed by atoms with Crippen molar-refractivity contribution in [2.75, 3.05) is 13.1 Å². The van der Waals surface area contributed by atoms with Crippen LogP contribution in [0.15, 0.2) is 61.7 Å². The average molecular weight is 359 g/mol. The lowest BCUT2D eigenvalue weighted by Crippen LogP contribution is -2.46. The van der Waals surface area contributed by atoms with Crippen molar-refractivity contribution in [3.8, 4) is 0 Å². The van der Waals surface area contributed by atoms with E-state index in [1.165, 1.54) is 0 Å². The molecule has 1 aromatic heterocycles. The van der Waals surface area contributed by atoms with Gasteiger partial charge in [-0.25, -0.2) is 4.99 Å². The van der Waals surface area contributed by atoms with E-state index >= 15 is 0 Å². The van der Waals surface area contributed by atoms with Gasteiger partial charge in [-0.05, 0) is 30.2 Å². The van der Waals surface area contributed by atoms with Gasteiger partial charge in [0.2, 0.25) is 0 Å². The fourth-order valence-corrected chi connectivity index (χ4v) is 3.56. The molecule has 2 aliphatic rings. The Labute approximate surface area is 136 Å². The molecule has 2 aromatic rings. The molecule has 0 fully saturated rings. The molecule has 0 saturated carbocycles. The molecule has 0 amide bonds. The third-order valence-corrected chi connectivity index (χ3v) is 4.61. The Morgan fingerprint density at radius 2 is 2.18 bits per heavy atom. The van der Waals surface area contributed by atoms with E-state index in [9.17, 15) is 0 Å². The molecule has 2 N–H and O–H groups in total. The van der Waals surface area contributed by atoms with Crippen molar-refractivity contribution in [3.05, 3.63) is 58.5 Å². The van der Waals surface area contributed by atoms with E-state index in [0.29, 0.717) is 5.96 Å². The number of nitrogens with two attached hydrogens (primary N) is 1. The molecule has 1 aromatic carbocycles. The number of halogens is 1. The number of guanidine groups is 1. The zero-order chi connectivity index (χ0) is 15.2. The van der Waals surface area contributed by atoms with Crippen LogP contribution in [0.5, 0.6) is 0 Å². The number of amidine groups is 1. The molecule has 5 nitrogen and oxygen atoms in total. The number of aliphatic imine (C=N–C) groups is 2. The smallest absolute Gasteiger partial charge is 0.198 e. The van der Waals surface area contributed by atoms with Crippen LogP contribution in [0.3, 0.4) is 0 Å². The molecular weight excluding hydrogens is 344 g/mol. The van der Waals surface area contributed by atoms with Crippen molar-refractivity contribution in [3.63, 3.8) is 0 Å². The molecule has 2 aliphatic heterocycles. The Kier molecular flexibility index (Phi) is 3.07. The van der Waals surface area contributed by atoms with E-state index in [0.717, 1.165) is 40.9 Å². The molecule has 4 rings (SSSR count). The number of hydrogen-bond donors (Lipinski definition) is 1. The van der Waals surface area contributed by atoms with Gasteiger partial charge in [0.05, 0.1) is 12.5 Å². The predicted octanol–water partition coefficient (Wildman–Crippen LogP) is 2.72. The number of furan rings is 1. The summed E-state index contributed by atoms with van der Waals surface area (Å²) >= 11 is 3.54. The van der Waals surface area contributed by atoms with Gasteiger partial charge in [-0.1, -0.05) is 28.1 Å². The van der Waals surface area contributed by atoms with E-state index in [2.05, 4.69) is 28.1 Å². The number of fused-ring (bicyclic) bond motifs is 1. The molecule has 1 atom stereocenters. The first kappa shape index (κ1) is 13.6. The van der Waals surface area contributed by atoms with Crippen LogP contribution < -0.4 is 5.73 Å². The molecule has 0 spiro atoms. The monoisotopic (exact) mass is 358 g/mol. The van der Waals surface area contributed by atoms with Crippen LogP contribution in [-0.4, -0.2) is 29.8 Å². The van der Waals surface area contributed by atoms with Crippen LogP contribution in [0.2, 0.25) is 0 Å². The third-order valence-electron chi connectivity index (χ3n) is 4.12. The molecule has 6 heteroatoms. The second-order valence-corrected chi connectivity index (χ2v) is 6.33. The molecule has 3 heterocycles. The Morgan fingerprint density at radius 1 is 1.27 bits per heavy atom. The van der Waals surface area contributed by atoms with Gasteiger partial charge in [0.1, 0.15) is 5.84 Å². The Hall–Kier alpha value is -2.08. The number of nitrogens with zero attached hydrogens (tertiary/aromatic N) is 3. The largest absolute Gasteiger partial charge is 0.472 e. The van der Waals surface area contributed by atoms with Crippen LogP contribution in [-0.2, 0) is 5.54 Å². The molecular formula is C16H15BrN4O. The summed E-state index contributed by atoms with van der Waals surface area (Å²) in [5.74, 6) is 1.40. The molecule has 0 radical (unpaired) electrons. The quantitative estimate of drug-likeness (QED) is 0.897. The third kappa shape index (κ3) is 1.83. The molecule has 22 heavy (non-hydrogen) atoms. The van der Waals surface area contributed by atoms with Crippen molar-refractivity contribution in [1.29, 1.82) is 0 Å². The maximum absolute atomic E-state index is 6.20. The van der Waals surface area contributed by atoms with Crippen molar-refractivity contribution in [2.24, 2.45) is 15.7 Å². The topological polar surface area (TPSA) is 67.1 Å². The highest BCUT2D eigenvalue weighted by Crippen LogP contribution is 2.42. The van der Waals surface area contributed by atoms with Crippen molar-refractivity contribution >= 4 is 27.7 Å². The standard InChI is InChI=1S/C16H15BrN4O/c17-13-4-1-3-11(9-13)16(12-5-8-22-10-12)14-19-6-2-7-21(14)15(18)20-16/h1,3-5,8-10H,2,6-7H2,(H2,18,20). The zero-order valence-electron chi connectivity index (χ0n) is 11.9. The molecule has 0 aliphatic carbocycles. The fourth-order valence-electron chi connectivity index (χ4n) is 3.16. The van der Waals surface area contributed by atoms with Gasteiger partial charge in [0.15, 0.2) is 11.5 Å². The first-order valence-electron chi connectivity index (χ1n) is 7.18. The summed E-state index contributed by atoms with van der Waals surface area (Å²) in [4.78, 5) is 11.6. The SMILES string of the molecule is NC1=NC(c2ccoc2)(c2cccc(Br)c2)C2=NCCCN12. The minimum atomic E-state index is -0.721. The molecule has 1 unspecified atom stereocenters. The van der Waals surface area contributed by atoms with Crippen LogP contribution >= 0.6 is 15.9 Å². The predicted molar refractivity (Wildman–Crippen MR) is 88.9 cm³/mol. The maximum atomic E-state index is 6.20. The Bertz CT molecular complexity index is 768. The van der Waals surface area contributed by atoms with Crippen LogP contribution in [0.1, 0.15) is 17.5 Å². The van der Waals surface area contributed by atoms with E-state index in [1.807, 2.05) is 23.1 Å². The highest BCUT2D eigenvalue weighted by Gasteiger charge is 2.49. The van der Waals surface area contributed by atoms with Gasteiger partial charge in [-0.15, -0.1) is 0 Å². The summed E-state index contributed by atoms with van der Waals surface area (Å²) in [5, 5.41) is 0. The Balaban J connectivity index is 2.00. The van der Waals surface area contributed by atoms with Gasteiger partial charge in [-0.2, -0.15) is 0 Å². The summed E-state index contributed by atoms with van der Waals surface area (Å²) in [7, 11) is 0. The maximum Gasteiger partial charge on any atom is 0.198 e. The number of rotatable bonds is 2. The lowest BCUT2D eigenvalue weighted by atomic mass is 9.83. The molecule has 0 bridgehead atoms. The minimum absolute atomic E-state index is 0.514. The lowest BCUT2D eigenvalue weighted by Gasteiger charge is -2.31. The summed E-state index contributed by atoms with van der Waals surface area (Å²) in [6.45, 7) is 1.64. The highest BCUT2D eigenvalue weighted by molar-refractivity contribution is 9.10. The highest BCUT2D eigenvalue weighted by atomic mass is 79.9. The van der Waals surface area contributed by atoms with Gasteiger partial charge in [0, 0.05) is 23.1 Å². The first-order valence-corrected chi connectivity index (χ1v) is 7.97. The number of benzene rings is 1. The second kappa shape index (κ2) is 4.98. The zero-order valence-corrected chi connectivity index (χ0v) is 13.5. The normalized spacial score (nSPS) is 24.0. The number of hydrogen-bond acceptors (Lipinski definition) is 5. The Morgan fingerprint density at radius 3 is 2.95 bits per heavy atom. The fraction of sp³-hybridized carbons (Fsp3) is 0.250. The van der Waals surface area contributed by atoms with Crippen LogP contribution in [0, 0.1) is 0 Å². The van der Waals surface area contributed by atoms with Crippen molar-refractivity contribution < 1.29 is 4.42 Å². The van der Waals surface area contributed by atoms with E-state index in [1.54, 1.807) is 12.5 Å². The lowest BCUT2D eigenvalue weighted by molar-refractivity contribution is 0.525. The first-order chi connectivity index (χ1) is 10.7. The summed E-state index contributed by atoms with van der Waals surface area (Å²) in [5.41, 5.74) is 7.44. The summed E-state index contributed by atoms with van der Waals surface area (Å²) in [6, 6.07) is 10.0. The van der Waals surface area contributed by atoms with Crippen molar-refractivity contribution in [2.45, 2.75) is 12.0 Å². The van der Waals surface area contributed by atoms with Crippen molar-refractivity contribution in [1.82, 2.24) is 4.90 Å². The summed E-state index contributed by atoms with van der Waals surface area (Å²) < 4.78 is 6.32.